The van der Waals surface area contributed by atoms with Crippen molar-refractivity contribution in [2.75, 3.05) is 0 Å². The van der Waals surface area contributed by atoms with E-state index in [9.17, 15) is 4.79 Å². The van der Waals surface area contributed by atoms with Crippen molar-refractivity contribution in [2.45, 2.75) is 13.5 Å². The van der Waals surface area contributed by atoms with E-state index in [1.165, 1.54) is 6.92 Å². The second-order valence-corrected chi connectivity index (χ2v) is 4.09. The molecule has 2 heteroatoms. The van der Waals surface area contributed by atoms with Crippen molar-refractivity contribution >= 4 is 5.97 Å². The van der Waals surface area contributed by atoms with Crippen LogP contribution in [-0.2, 0) is 16.1 Å². The van der Waals surface area contributed by atoms with Gasteiger partial charge in [0.15, 0.2) is 0 Å². The number of ether oxygens (including phenoxy) is 1. The number of carbonyl (C=O) groups is 1. The third kappa shape index (κ3) is 4.33. The van der Waals surface area contributed by atoms with Crippen molar-refractivity contribution in [1.29, 1.82) is 0 Å². The van der Waals surface area contributed by atoms with Crippen LogP contribution in [-0.4, -0.2) is 5.97 Å². The molecule has 2 aromatic carbocycles. The van der Waals surface area contributed by atoms with Gasteiger partial charge in [0.2, 0.25) is 0 Å². The molecule has 2 nitrogen and oxygen atoms in total. The Morgan fingerprint density at radius 1 is 0.947 bits per heavy atom. The second-order valence-electron chi connectivity index (χ2n) is 4.09. The minimum Gasteiger partial charge on any atom is -0.461 e. The average Bonchev–Trinajstić information content (AvgIpc) is 2.45. The fourth-order valence-electron chi connectivity index (χ4n) is 1.54. The van der Waals surface area contributed by atoms with Crippen molar-refractivity contribution in [3.05, 3.63) is 71.3 Å². The lowest BCUT2D eigenvalue weighted by Gasteiger charge is -2.01. The number of esters is 1. The monoisotopic (exact) mass is 250 g/mol. The van der Waals surface area contributed by atoms with Crippen molar-refractivity contribution in [3.8, 4) is 11.8 Å². The largest absolute Gasteiger partial charge is 0.461 e. The Balaban J connectivity index is 2.03. The Labute approximate surface area is 113 Å². The summed E-state index contributed by atoms with van der Waals surface area (Å²) in [7, 11) is 0. The third-order valence-corrected chi connectivity index (χ3v) is 2.52. The van der Waals surface area contributed by atoms with E-state index < -0.39 is 0 Å². The summed E-state index contributed by atoms with van der Waals surface area (Å²) in [4.78, 5) is 10.7. The molecule has 2 aromatic rings. The van der Waals surface area contributed by atoms with E-state index in [1.54, 1.807) is 0 Å². The van der Waals surface area contributed by atoms with Crippen molar-refractivity contribution < 1.29 is 9.53 Å². The van der Waals surface area contributed by atoms with E-state index in [4.69, 9.17) is 4.74 Å². The first-order valence-corrected chi connectivity index (χ1v) is 6.03. The van der Waals surface area contributed by atoms with Crippen LogP contribution in [0.25, 0.3) is 0 Å². The highest BCUT2D eigenvalue weighted by Gasteiger charge is 1.96. The molecule has 0 saturated heterocycles. The molecular weight excluding hydrogens is 236 g/mol. The summed E-state index contributed by atoms with van der Waals surface area (Å²) in [5.74, 6) is 5.92. The van der Waals surface area contributed by atoms with Gasteiger partial charge in [-0.25, -0.2) is 0 Å². The minimum absolute atomic E-state index is 0.270. The first kappa shape index (κ1) is 12.9. The molecular formula is C17H14O2. The summed E-state index contributed by atoms with van der Waals surface area (Å²) in [5, 5.41) is 0. The smallest absolute Gasteiger partial charge is 0.302 e. The zero-order valence-corrected chi connectivity index (χ0v) is 10.7. The van der Waals surface area contributed by atoms with Crippen LogP contribution in [0.1, 0.15) is 23.6 Å². The normalized spacial score (nSPS) is 9.32. The first-order chi connectivity index (χ1) is 9.24. The maximum Gasteiger partial charge on any atom is 0.302 e. The molecule has 0 atom stereocenters. The van der Waals surface area contributed by atoms with Crippen LogP contribution in [0.5, 0.6) is 0 Å². The quantitative estimate of drug-likeness (QED) is 0.604. The van der Waals surface area contributed by atoms with Crippen LogP contribution in [0.2, 0.25) is 0 Å². The molecule has 0 radical (unpaired) electrons. The fraction of sp³-hybridized carbons (Fsp3) is 0.118. The van der Waals surface area contributed by atoms with Crippen LogP contribution < -0.4 is 0 Å². The van der Waals surface area contributed by atoms with Gasteiger partial charge in [0, 0.05) is 18.1 Å². The Morgan fingerprint density at radius 2 is 1.53 bits per heavy atom. The van der Waals surface area contributed by atoms with Gasteiger partial charge in [-0.05, 0) is 29.8 Å². The zero-order chi connectivity index (χ0) is 13.5. The molecule has 0 N–H and O–H groups in total. The first-order valence-electron chi connectivity index (χ1n) is 6.03. The summed E-state index contributed by atoms with van der Waals surface area (Å²) >= 11 is 0. The Kier molecular flexibility index (Phi) is 4.36. The molecule has 0 aliphatic carbocycles. The molecule has 0 heterocycles. The average molecular weight is 250 g/mol. The van der Waals surface area contributed by atoms with E-state index >= 15 is 0 Å². The third-order valence-electron chi connectivity index (χ3n) is 2.52. The second kappa shape index (κ2) is 6.42. The van der Waals surface area contributed by atoms with Crippen LogP contribution in [0.4, 0.5) is 0 Å². The summed E-state index contributed by atoms with van der Waals surface area (Å²) in [6, 6.07) is 17.5. The van der Waals surface area contributed by atoms with Gasteiger partial charge in [0.1, 0.15) is 6.61 Å². The molecule has 2 rings (SSSR count). The number of rotatable bonds is 2. The molecule has 0 saturated carbocycles. The highest BCUT2D eigenvalue weighted by Crippen LogP contribution is 2.05. The topological polar surface area (TPSA) is 26.3 Å². The van der Waals surface area contributed by atoms with E-state index in [0.717, 1.165) is 16.7 Å². The van der Waals surface area contributed by atoms with Crippen LogP contribution in [0.15, 0.2) is 54.6 Å². The molecule has 0 fully saturated rings. The highest BCUT2D eigenvalue weighted by molar-refractivity contribution is 5.65. The number of hydrogen-bond donors (Lipinski definition) is 0. The van der Waals surface area contributed by atoms with Crippen LogP contribution in [0, 0.1) is 11.8 Å². The molecule has 0 aliphatic rings. The highest BCUT2D eigenvalue weighted by atomic mass is 16.5. The van der Waals surface area contributed by atoms with Crippen LogP contribution >= 0.6 is 0 Å². The molecule has 0 aliphatic heterocycles. The van der Waals surface area contributed by atoms with Crippen molar-refractivity contribution in [3.63, 3.8) is 0 Å². The zero-order valence-electron chi connectivity index (χ0n) is 10.7. The van der Waals surface area contributed by atoms with E-state index in [2.05, 4.69) is 11.8 Å². The molecule has 0 amide bonds. The predicted molar refractivity (Wildman–Crippen MR) is 74.3 cm³/mol. The number of carbonyl (C=O) groups excluding carboxylic acids is 1. The Bertz CT molecular complexity index is 601. The van der Waals surface area contributed by atoms with E-state index in [0.29, 0.717) is 6.61 Å². The fourth-order valence-corrected chi connectivity index (χ4v) is 1.54. The molecule has 0 spiro atoms. The maximum atomic E-state index is 10.7. The van der Waals surface area contributed by atoms with Gasteiger partial charge in [-0.1, -0.05) is 42.2 Å². The van der Waals surface area contributed by atoms with Gasteiger partial charge < -0.3 is 4.74 Å². The molecule has 0 bridgehead atoms. The summed E-state index contributed by atoms with van der Waals surface area (Å²) in [6.07, 6.45) is 0. The summed E-state index contributed by atoms with van der Waals surface area (Å²) in [5.41, 5.74) is 2.89. The lowest BCUT2D eigenvalue weighted by molar-refractivity contribution is -0.142. The number of hydrogen-bond acceptors (Lipinski definition) is 2. The maximum absolute atomic E-state index is 10.7. The van der Waals surface area contributed by atoms with Gasteiger partial charge in [-0.2, -0.15) is 0 Å². The van der Waals surface area contributed by atoms with Gasteiger partial charge in [-0.15, -0.1) is 0 Å². The van der Waals surface area contributed by atoms with Crippen molar-refractivity contribution in [2.24, 2.45) is 0 Å². The Morgan fingerprint density at radius 3 is 2.11 bits per heavy atom. The van der Waals surface area contributed by atoms with Gasteiger partial charge >= 0.3 is 5.97 Å². The van der Waals surface area contributed by atoms with E-state index in [1.807, 2.05) is 54.6 Å². The van der Waals surface area contributed by atoms with Gasteiger partial charge in [-0.3, -0.25) is 4.79 Å². The number of benzene rings is 2. The lowest BCUT2D eigenvalue weighted by Crippen LogP contribution is -1.98. The standard InChI is InChI=1S/C17H14O2/c1-14(18)19-13-17-11-9-16(10-12-17)8-7-15-5-3-2-4-6-15/h2-6,9-12H,13H2,1H3. The molecule has 0 unspecified atom stereocenters. The van der Waals surface area contributed by atoms with Gasteiger partial charge in [0.05, 0.1) is 0 Å². The SMILES string of the molecule is CC(=O)OCc1ccc(C#Cc2ccccc2)cc1. The molecule has 94 valence electrons. The van der Waals surface area contributed by atoms with Gasteiger partial charge in [0.25, 0.3) is 0 Å². The van der Waals surface area contributed by atoms with Crippen molar-refractivity contribution in [1.82, 2.24) is 0 Å². The Hall–Kier alpha value is -2.53. The predicted octanol–water partition coefficient (Wildman–Crippen LogP) is 3.15. The summed E-state index contributed by atoms with van der Waals surface area (Å²) in [6.45, 7) is 1.71. The lowest BCUT2D eigenvalue weighted by atomic mass is 10.1. The minimum atomic E-state index is -0.270. The summed E-state index contributed by atoms with van der Waals surface area (Å²) < 4.78 is 4.92. The molecule has 0 aromatic heterocycles. The van der Waals surface area contributed by atoms with E-state index in [-0.39, 0.29) is 5.97 Å². The van der Waals surface area contributed by atoms with Crippen LogP contribution in [0.3, 0.4) is 0 Å². The molecule has 19 heavy (non-hydrogen) atoms.